The van der Waals surface area contributed by atoms with Crippen LogP contribution in [-0.4, -0.2) is 13.2 Å². The Morgan fingerprint density at radius 1 is 1.00 bits per heavy atom. The monoisotopic (exact) mass is 386 g/mol. The van der Waals surface area contributed by atoms with E-state index in [2.05, 4.69) is 6.07 Å². The summed E-state index contributed by atoms with van der Waals surface area (Å²) in [5.74, 6) is 1.81. The van der Waals surface area contributed by atoms with Gasteiger partial charge in [0.1, 0.15) is 17.4 Å². The van der Waals surface area contributed by atoms with Gasteiger partial charge in [0.15, 0.2) is 11.5 Å². The van der Waals surface area contributed by atoms with Gasteiger partial charge in [-0.2, -0.15) is 5.26 Å². The minimum Gasteiger partial charge on any atom is -0.490 e. The van der Waals surface area contributed by atoms with E-state index in [4.69, 9.17) is 19.9 Å². The van der Waals surface area contributed by atoms with Crippen LogP contribution in [0.4, 0.5) is 0 Å². The predicted octanol–water partition coefficient (Wildman–Crippen LogP) is 4.86. The summed E-state index contributed by atoms with van der Waals surface area (Å²) in [6, 6.07) is 20.0. The number of benzene rings is 3. The van der Waals surface area contributed by atoms with Gasteiger partial charge in [-0.25, -0.2) is 0 Å². The smallest absolute Gasteiger partial charge is 0.205 e. The lowest BCUT2D eigenvalue weighted by Crippen LogP contribution is -2.21. The Bertz CT molecular complexity index is 1140. The molecule has 5 nitrogen and oxygen atoms in total. The van der Waals surface area contributed by atoms with Crippen molar-refractivity contribution in [2.45, 2.75) is 19.8 Å². The van der Waals surface area contributed by atoms with Gasteiger partial charge < -0.3 is 19.9 Å². The van der Waals surface area contributed by atoms with Crippen LogP contribution in [0, 0.1) is 11.3 Å². The number of hydrogen-bond acceptors (Lipinski definition) is 5. The molecule has 1 atom stereocenters. The van der Waals surface area contributed by atoms with Gasteiger partial charge in [0, 0.05) is 10.9 Å². The lowest BCUT2D eigenvalue weighted by atomic mass is 9.82. The SMILES string of the molecule is CCOc1ccc([C@@H]2C(C#N)=C(N)Oc3c2ccc2ccccc32)cc1OCC. The van der Waals surface area contributed by atoms with Gasteiger partial charge >= 0.3 is 0 Å². The van der Waals surface area contributed by atoms with E-state index >= 15 is 0 Å². The maximum absolute atomic E-state index is 9.82. The third-order valence-corrected chi connectivity index (χ3v) is 5.01. The molecule has 0 saturated heterocycles. The van der Waals surface area contributed by atoms with Crippen LogP contribution >= 0.6 is 0 Å². The molecule has 0 amide bonds. The number of nitrogens with zero attached hydrogens (tertiary/aromatic N) is 1. The van der Waals surface area contributed by atoms with Crippen LogP contribution in [0.15, 0.2) is 66.1 Å². The zero-order valence-corrected chi connectivity index (χ0v) is 16.4. The number of fused-ring (bicyclic) bond motifs is 3. The normalized spacial score (nSPS) is 15.4. The standard InChI is InChI=1S/C24H22N2O3/c1-3-27-20-12-10-16(13-21(20)28-4-2)22-18-11-9-15-7-5-6-8-17(15)23(18)29-24(26)19(22)14-25/h5-13,22H,3-4,26H2,1-2H3/t22-/m0/s1. The Labute approximate surface area is 169 Å². The quantitative estimate of drug-likeness (QED) is 0.678. The number of rotatable bonds is 5. The van der Waals surface area contributed by atoms with Gasteiger partial charge in [-0.3, -0.25) is 0 Å². The molecular weight excluding hydrogens is 364 g/mol. The molecule has 3 aromatic rings. The molecule has 0 fully saturated rings. The Hall–Kier alpha value is -3.65. The molecule has 1 heterocycles. The summed E-state index contributed by atoms with van der Waals surface area (Å²) < 4.78 is 17.4. The molecule has 0 unspecified atom stereocenters. The highest BCUT2D eigenvalue weighted by molar-refractivity contribution is 5.91. The topological polar surface area (TPSA) is 77.5 Å². The van der Waals surface area contributed by atoms with E-state index in [1.807, 2.05) is 68.4 Å². The summed E-state index contributed by atoms with van der Waals surface area (Å²) in [4.78, 5) is 0. The van der Waals surface area contributed by atoms with Crippen molar-refractivity contribution < 1.29 is 14.2 Å². The van der Waals surface area contributed by atoms with Crippen molar-refractivity contribution in [2.75, 3.05) is 13.2 Å². The third kappa shape index (κ3) is 3.23. The molecule has 4 rings (SSSR count). The summed E-state index contributed by atoms with van der Waals surface area (Å²) >= 11 is 0. The maximum Gasteiger partial charge on any atom is 0.205 e. The van der Waals surface area contributed by atoms with Crippen LogP contribution in [0.3, 0.4) is 0 Å². The Balaban J connectivity index is 1.92. The van der Waals surface area contributed by atoms with Gasteiger partial charge in [-0.15, -0.1) is 0 Å². The minimum atomic E-state index is -0.344. The Morgan fingerprint density at radius 2 is 1.76 bits per heavy atom. The van der Waals surface area contributed by atoms with E-state index in [-0.39, 0.29) is 11.8 Å². The maximum atomic E-state index is 9.82. The number of nitriles is 1. The van der Waals surface area contributed by atoms with Gasteiger partial charge in [0.05, 0.1) is 19.1 Å². The lowest BCUT2D eigenvalue weighted by molar-refractivity contribution is 0.287. The number of nitrogens with two attached hydrogens (primary N) is 1. The Kier molecular flexibility index (Phi) is 5.01. The molecule has 29 heavy (non-hydrogen) atoms. The number of hydrogen-bond donors (Lipinski definition) is 1. The van der Waals surface area contributed by atoms with Gasteiger partial charge in [-0.05, 0) is 36.9 Å². The molecule has 0 aliphatic carbocycles. The fraction of sp³-hybridized carbons (Fsp3) is 0.208. The highest BCUT2D eigenvalue weighted by Gasteiger charge is 2.32. The predicted molar refractivity (Wildman–Crippen MR) is 112 cm³/mol. The Morgan fingerprint density at radius 3 is 2.52 bits per heavy atom. The molecular formula is C24H22N2O3. The summed E-state index contributed by atoms with van der Waals surface area (Å²) in [5.41, 5.74) is 8.37. The van der Waals surface area contributed by atoms with E-state index in [1.165, 1.54) is 0 Å². The summed E-state index contributed by atoms with van der Waals surface area (Å²) in [6.07, 6.45) is 0. The molecule has 0 radical (unpaired) electrons. The highest BCUT2D eigenvalue weighted by atomic mass is 16.5. The molecule has 0 saturated carbocycles. The molecule has 0 bridgehead atoms. The molecule has 2 N–H and O–H groups in total. The molecule has 1 aliphatic rings. The largest absolute Gasteiger partial charge is 0.490 e. The second kappa shape index (κ2) is 7.76. The van der Waals surface area contributed by atoms with Crippen molar-refractivity contribution in [1.82, 2.24) is 0 Å². The van der Waals surface area contributed by atoms with Gasteiger partial charge in [0.2, 0.25) is 5.88 Å². The minimum absolute atomic E-state index is 0.133. The first kappa shape index (κ1) is 18.7. The molecule has 0 aromatic heterocycles. The van der Waals surface area contributed by atoms with E-state index in [0.29, 0.717) is 36.0 Å². The lowest BCUT2D eigenvalue weighted by Gasteiger charge is -2.28. The third-order valence-electron chi connectivity index (χ3n) is 5.01. The number of allylic oxidation sites excluding steroid dienone is 1. The fourth-order valence-corrected chi connectivity index (χ4v) is 3.78. The van der Waals surface area contributed by atoms with E-state index < -0.39 is 0 Å². The average Bonchev–Trinajstić information content (AvgIpc) is 2.74. The van der Waals surface area contributed by atoms with Crippen LogP contribution in [-0.2, 0) is 0 Å². The fourth-order valence-electron chi connectivity index (χ4n) is 3.78. The van der Waals surface area contributed by atoms with Gasteiger partial charge in [-0.1, -0.05) is 42.5 Å². The van der Waals surface area contributed by atoms with Crippen LogP contribution in [0.25, 0.3) is 10.8 Å². The second-order valence-corrected chi connectivity index (χ2v) is 6.70. The van der Waals surface area contributed by atoms with Crippen molar-refractivity contribution in [3.63, 3.8) is 0 Å². The van der Waals surface area contributed by atoms with Crippen molar-refractivity contribution in [1.29, 1.82) is 5.26 Å². The summed E-state index contributed by atoms with van der Waals surface area (Å²) in [5, 5.41) is 11.8. The highest BCUT2D eigenvalue weighted by Crippen LogP contribution is 2.46. The van der Waals surface area contributed by atoms with Crippen molar-refractivity contribution in [3.8, 4) is 23.3 Å². The van der Waals surface area contributed by atoms with Crippen LogP contribution in [0.5, 0.6) is 17.2 Å². The average molecular weight is 386 g/mol. The van der Waals surface area contributed by atoms with Gasteiger partial charge in [0.25, 0.3) is 0 Å². The molecule has 146 valence electrons. The van der Waals surface area contributed by atoms with E-state index in [9.17, 15) is 5.26 Å². The zero-order chi connectivity index (χ0) is 20.4. The van der Waals surface area contributed by atoms with Crippen LogP contribution in [0.1, 0.15) is 30.9 Å². The first-order chi connectivity index (χ1) is 14.2. The number of ether oxygens (including phenoxy) is 3. The van der Waals surface area contributed by atoms with E-state index in [0.717, 1.165) is 21.9 Å². The van der Waals surface area contributed by atoms with Crippen LogP contribution < -0.4 is 19.9 Å². The van der Waals surface area contributed by atoms with E-state index in [1.54, 1.807) is 0 Å². The first-order valence-corrected chi connectivity index (χ1v) is 9.66. The first-order valence-electron chi connectivity index (χ1n) is 9.66. The zero-order valence-electron chi connectivity index (χ0n) is 16.4. The second-order valence-electron chi connectivity index (χ2n) is 6.70. The summed E-state index contributed by atoms with van der Waals surface area (Å²) in [6.45, 7) is 4.92. The van der Waals surface area contributed by atoms with Crippen molar-refractivity contribution in [3.05, 3.63) is 77.2 Å². The molecule has 5 heteroatoms. The molecule has 3 aromatic carbocycles. The van der Waals surface area contributed by atoms with Crippen molar-refractivity contribution in [2.24, 2.45) is 5.73 Å². The molecule has 1 aliphatic heterocycles. The summed E-state index contributed by atoms with van der Waals surface area (Å²) in [7, 11) is 0. The van der Waals surface area contributed by atoms with Crippen LogP contribution in [0.2, 0.25) is 0 Å². The van der Waals surface area contributed by atoms with Crippen molar-refractivity contribution >= 4 is 10.8 Å². The molecule has 0 spiro atoms.